The van der Waals surface area contributed by atoms with E-state index in [-0.39, 0.29) is 18.3 Å². The number of hydrogen-bond donors (Lipinski definition) is 1. The fourth-order valence-corrected chi connectivity index (χ4v) is 2.21. The molecule has 5 heteroatoms. The molecule has 1 unspecified atom stereocenters. The average molecular weight is 289 g/mol. The second-order valence-electron chi connectivity index (χ2n) is 4.57. The van der Waals surface area contributed by atoms with E-state index in [0.717, 1.165) is 25.2 Å². The van der Waals surface area contributed by atoms with Crippen LogP contribution in [0.2, 0.25) is 5.02 Å². The first-order chi connectivity index (χ1) is 8.08. The van der Waals surface area contributed by atoms with Gasteiger partial charge in [-0.3, -0.25) is 4.79 Å². The standard InChI is InChI=1S/C13H17ClN2O.ClH/c1-9-3-4-11(7-12(9)14)13(17)16-6-5-15-10(2)8-16;/h3-4,7,10,15H,5-6,8H2,1-2H3;1H. The summed E-state index contributed by atoms with van der Waals surface area (Å²) in [4.78, 5) is 14.1. The first-order valence-electron chi connectivity index (χ1n) is 5.87. The molecule has 0 radical (unpaired) electrons. The fourth-order valence-electron chi connectivity index (χ4n) is 2.03. The van der Waals surface area contributed by atoms with E-state index in [2.05, 4.69) is 12.2 Å². The zero-order valence-corrected chi connectivity index (χ0v) is 12.1. The highest BCUT2D eigenvalue weighted by molar-refractivity contribution is 6.31. The Morgan fingerprint density at radius 1 is 1.50 bits per heavy atom. The third kappa shape index (κ3) is 3.37. The first kappa shape index (κ1) is 15.3. The predicted octanol–water partition coefficient (Wildman–Crippen LogP) is 2.50. The summed E-state index contributed by atoms with van der Waals surface area (Å²) in [6.07, 6.45) is 0. The third-order valence-corrected chi connectivity index (χ3v) is 3.48. The molecule has 0 bridgehead atoms. The van der Waals surface area contributed by atoms with Crippen LogP contribution in [0.25, 0.3) is 0 Å². The van der Waals surface area contributed by atoms with E-state index in [4.69, 9.17) is 11.6 Å². The number of aryl methyl sites for hydroxylation is 1. The minimum absolute atomic E-state index is 0. The Hall–Kier alpha value is -0.770. The zero-order chi connectivity index (χ0) is 12.4. The van der Waals surface area contributed by atoms with Crippen LogP contribution in [0.15, 0.2) is 18.2 Å². The van der Waals surface area contributed by atoms with Crippen molar-refractivity contribution in [2.45, 2.75) is 19.9 Å². The maximum atomic E-state index is 12.2. The molecule has 1 aliphatic rings. The number of rotatable bonds is 1. The molecule has 0 spiro atoms. The lowest BCUT2D eigenvalue weighted by atomic mass is 10.1. The fraction of sp³-hybridized carbons (Fsp3) is 0.462. The molecule has 0 aliphatic carbocycles. The highest BCUT2D eigenvalue weighted by Crippen LogP contribution is 2.18. The smallest absolute Gasteiger partial charge is 0.254 e. The van der Waals surface area contributed by atoms with Gasteiger partial charge in [0.2, 0.25) is 0 Å². The second kappa shape index (κ2) is 6.41. The molecule has 0 aromatic heterocycles. The van der Waals surface area contributed by atoms with Gasteiger partial charge < -0.3 is 10.2 Å². The van der Waals surface area contributed by atoms with Crippen molar-refractivity contribution in [3.05, 3.63) is 34.3 Å². The molecule has 18 heavy (non-hydrogen) atoms. The quantitative estimate of drug-likeness (QED) is 0.861. The van der Waals surface area contributed by atoms with Gasteiger partial charge in [0.15, 0.2) is 0 Å². The molecule has 1 aliphatic heterocycles. The van der Waals surface area contributed by atoms with Crippen LogP contribution in [0.5, 0.6) is 0 Å². The molecule has 2 rings (SSSR count). The Labute approximate surface area is 119 Å². The Morgan fingerprint density at radius 2 is 2.22 bits per heavy atom. The van der Waals surface area contributed by atoms with Gasteiger partial charge in [-0.25, -0.2) is 0 Å². The second-order valence-corrected chi connectivity index (χ2v) is 4.98. The first-order valence-corrected chi connectivity index (χ1v) is 6.24. The number of piperazine rings is 1. The van der Waals surface area contributed by atoms with Crippen molar-refractivity contribution in [2.24, 2.45) is 0 Å². The van der Waals surface area contributed by atoms with E-state index in [9.17, 15) is 4.79 Å². The molecular weight excluding hydrogens is 271 g/mol. The number of carbonyl (C=O) groups excluding carboxylic acids is 1. The Morgan fingerprint density at radius 3 is 2.83 bits per heavy atom. The highest BCUT2D eigenvalue weighted by Gasteiger charge is 2.21. The summed E-state index contributed by atoms with van der Waals surface area (Å²) in [5, 5.41) is 3.97. The van der Waals surface area contributed by atoms with Gasteiger partial charge in [-0.15, -0.1) is 12.4 Å². The Balaban J connectivity index is 0.00000162. The molecule has 1 amide bonds. The van der Waals surface area contributed by atoms with Crippen LogP contribution in [-0.4, -0.2) is 36.5 Å². The molecule has 1 saturated heterocycles. The Kier molecular flexibility index (Phi) is 5.45. The average Bonchev–Trinajstić information content (AvgIpc) is 2.32. The Bertz CT molecular complexity index is 437. The molecule has 1 fully saturated rings. The van der Waals surface area contributed by atoms with E-state index in [1.54, 1.807) is 6.07 Å². The number of nitrogens with one attached hydrogen (secondary N) is 1. The summed E-state index contributed by atoms with van der Waals surface area (Å²) in [6, 6.07) is 5.84. The number of hydrogen-bond acceptors (Lipinski definition) is 2. The summed E-state index contributed by atoms with van der Waals surface area (Å²) in [6.45, 7) is 6.39. The lowest BCUT2D eigenvalue weighted by molar-refractivity contribution is 0.0709. The normalized spacial score (nSPS) is 19.3. The number of benzene rings is 1. The van der Waals surface area contributed by atoms with Crippen molar-refractivity contribution < 1.29 is 4.79 Å². The number of halogens is 2. The minimum atomic E-state index is 0. The summed E-state index contributed by atoms with van der Waals surface area (Å²) in [5.74, 6) is 0.0697. The summed E-state index contributed by atoms with van der Waals surface area (Å²) < 4.78 is 0. The van der Waals surface area contributed by atoms with Crippen LogP contribution < -0.4 is 5.32 Å². The third-order valence-electron chi connectivity index (χ3n) is 3.07. The van der Waals surface area contributed by atoms with Gasteiger partial charge in [-0.2, -0.15) is 0 Å². The highest BCUT2D eigenvalue weighted by atomic mass is 35.5. The number of nitrogens with zero attached hydrogens (tertiary/aromatic N) is 1. The molecule has 0 saturated carbocycles. The largest absolute Gasteiger partial charge is 0.336 e. The van der Waals surface area contributed by atoms with Gasteiger partial charge in [-0.1, -0.05) is 17.7 Å². The zero-order valence-electron chi connectivity index (χ0n) is 10.6. The van der Waals surface area contributed by atoms with Gasteiger partial charge in [0.25, 0.3) is 5.91 Å². The van der Waals surface area contributed by atoms with Crippen LogP contribution in [0.1, 0.15) is 22.8 Å². The molecule has 1 N–H and O–H groups in total. The van der Waals surface area contributed by atoms with Gasteiger partial charge in [-0.05, 0) is 31.5 Å². The van der Waals surface area contributed by atoms with Crippen molar-refractivity contribution in [3.63, 3.8) is 0 Å². The summed E-state index contributed by atoms with van der Waals surface area (Å²) in [7, 11) is 0. The maximum absolute atomic E-state index is 12.2. The summed E-state index contributed by atoms with van der Waals surface area (Å²) >= 11 is 6.04. The molecule has 1 heterocycles. The van der Waals surface area contributed by atoms with Crippen molar-refractivity contribution in [1.29, 1.82) is 0 Å². The molecular formula is C13H18Cl2N2O. The van der Waals surface area contributed by atoms with Gasteiger partial charge in [0.05, 0.1) is 0 Å². The number of amides is 1. The minimum Gasteiger partial charge on any atom is -0.336 e. The van der Waals surface area contributed by atoms with E-state index in [0.29, 0.717) is 16.6 Å². The van der Waals surface area contributed by atoms with E-state index >= 15 is 0 Å². The van der Waals surface area contributed by atoms with Crippen LogP contribution in [0.3, 0.4) is 0 Å². The van der Waals surface area contributed by atoms with Crippen molar-refractivity contribution in [3.8, 4) is 0 Å². The van der Waals surface area contributed by atoms with E-state index in [1.807, 2.05) is 24.0 Å². The van der Waals surface area contributed by atoms with Crippen LogP contribution in [-0.2, 0) is 0 Å². The lowest BCUT2D eigenvalue weighted by Gasteiger charge is -2.32. The van der Waals surface area contributed by atoms with Crippen LogP contribution in [0.4, 0.5) is 0 Å². The lowest BCUT2D eigenvalue weighted by Crippen LogP contribution is -2.51. The molecule has 100 valence electrons. The van der Waals surface area contributed by atoms with Gasteiger partial charge in [0.1, 0.15) is 0 Å². The van der Waals surface area contributed by atoms with Gasteiger partial charge >= 0.3 is 0 Å². The summed E-state index contributed by atoms with van der Waals surface area (Å²) in [5.41, 5.74) is 1.67. The maximum Gasteiger partial charge on any atom is 0.254 e. The molecule has 1 atom stereocenters. The monoisotopic (exact) mass is 288 g/mol. The van der Waals surface area contributed by atoms with Crippen molar-refractivity contribution in [1.82, 2.24) is 10.2 Å². The van der Waals surface area contributed by atoms with Gasteiger partial charge in [0, 0.05) is 36.3 Å². The molecule has 1 aromatic carbocycles. The SMILES string of the molecule is Cc1ccc(C(=O)N2CCNC(C)C2)cc1Cl.Cl. The van der Waals surface area contributed by atoms with Crippen LogP contribution >= 0.6 is 24.0 Å². The predicted molar refractivity (Wildman–Crippen MR) is 76.8 cm³/mol. The van der Waals surface area contributed by atoms with Crippen molar-refractivity contribution in [2.75, 3.05) is 19.6 Å². The van der Waals surface area contributed by atoms with Crippen LogP contribution in [0, 0.1) is 6.92 Å². The molecule has 3 nitrogen and oxygen atoms in total. The molecule has 1 aromatic rings. The van der Waals surface area contributed by atoms with E-state index in [1.165, 1.54) is 0 Å². The number of carbonyl (C=O) groups is 1. The van der Waals surface area contributed by atoms with Crippen molar-refractivity contribution >= 4 is 29.9 Å². The van der Waals surface area contributed by atoms with E-state index < -0.39 is 0 Å². The topological polar surface area (TPSA) is 32.3 Å².